The Labute approximate surface area is 142 Å². The number of rotatable bonds is 6. The summed E-state index contributed by atoms with van der Waals surface area (Å²) in [6.45, 7) is 0.622. The molecule has 0 saturated heterocycles. The lowest BCUT2D eigenvalue weighted by Crippen LogP contribution is -2.39. The van der Waals surface area contributed by atoms with Gasteiger partial charge in [-0.25, -0.2) is 0 Å². The zero-order valence-corrected chi connectivity index (χ0v) is 13.7. The second kappa shape index (κ2) is 7.75. The lowest BCUT2D eigenvalue weighted by Gasteiger charge is -2.17. The highest BCUT2D eigenvalue weighted by Gasteiger charge is 2.19. The molecule has 3 nitrogen and oxygen atoms in total. The zero-order valence-electron chi connectivity index (χ0n) is 13.7. The van der Waals surface area contributed by atoms with Gasteiger partial charge in [0.05, 0.1) is 7.11 Å². The van der Waals surface area contributed by atoms with Crippen LogP contribution >= 0.6 is 0 Å². The van der Waals surface area contributed by atoms with E-state index in [1.54, 1.807) is 0 Å². The van der Waals surface area contributed by atoms with Crippen molar-refractivity contribution in [3.63, 3.8) is 0 Å². The molecule has 1 N–H and O–H groups in total. The summed E-state index contributed by atoms with van der Waals surface area (Å²) in [4.78, 5) is 12.1. The van der Waals surface area contributed by atoms with Gasteiger partial charge in [0, 0.05) is 6.54 Å². The number of methoxy groups -OCH3 is 1. The number of hydrogen-bond acceptors (Lipinski definition) is 3. The molecule has 24 heavy (non-hydrogen) atoms. The summed E-state index contributed by atoms with van der Waals surface area (Å²) in [6, 6.07) is 24.2. The molecule has 3 heteroatoms. The molecule has 0 radical (unpaired) electrons. The normalized spacial score (nSPS) is 12.0. The van der Waals surface area contributed by atoms with Crippen LogP contribution in [0.2, 0.25) is 0 Å². The predicted molar refractivity (Wildman–Crippen MR) is 96.7 cm³/mol. The number of esters is 1. The van der Waals surface area contributed by atoms with E-state index in [1.165, 1.54) is 17.9 Å². The first-order valence-electron chi connectivity index (χ1n) is 8.09. The van der Waals surface area contributed by atoms with Gasteiger partial charge in [-0.15, -0.1) is 0 Å². The largest absolute Gasteiger partial charge is 0.468 e. The molecule has 0 bridgehead atoms. The SMILES string of the molecule is COC(=O)[C@H](Cc1ccccc1)NCc1ccc2ccccc2c1. The fraction of sp³-hybridized carbons (Fsp3) is 0.190. The molecular weight excluding hydrogens is 298 g/mol. The molecule has 0 spiro atoms. The molecule has 122 valence electrons. The Kier molecular flexibility index (Phi) is 5.24. The molecule has 3 aromatic carbocycles. The van der Waals surface area contributed by atoms with Crippen molar-refractivity contribution in [3.8, 4) is 0 Å². The highest BCUT2D eigenvalue weighted by molar-refractivity contribution is 5.83. The predicted octanol–water partition coefficient (Wildman–Crippen LogP) is 3.71. The van der Waals surface area contributed by atoms with Crippen LogP contribution in [0, 0.1) is 0 Å². The molecule has 0 saturated carbocycles. The summed E-state index contributed by atoms with van der Waals surface area (Å²) in [7, 11) is 1.43. The Balaban J connectivity index is 1.71. The summed E-state index contributed by atoms with van der Waals surface area (Å²) in [5.41, 5.74) is 2.26. The number of ether oxygens (including phenoxy) is 1. The third-order valence-electron chi connectivity index (χ3n) is 4.13. The molecule has 0 amide bonds. The lowest BCUT2D eigenvalue weighted by molar-refractivity contribution is -0.143. The average molecular weight is 319 g/mol. The van der Waals surface area contributed by atoms with E-state index < -0.39 is 0 Å². The van der Waals surface area contributed by atoms with Crippen LogP contribution in [0.5, 0.6) is 0 Å². The third kappa shape index (κ3) is 4.00. The van der Waals surface area contributed by atoms with Gasteiger partial charge >= 0.3 is 5.97 Å². The summed E-state index contributed by atoms with van der Waals surface area (Å²) < 4.78 is 4.94. The summed E-state index contributed by atoms with van der Waals surface area (Å²) in [6.07, 6.45) is 0.612. The van der Waals surface area contributed by atoms with Crippen LogP contribution in [-0.2, 0) is 22.5 Å². The third-order valence-corrected chi connectivity index (χ3v) is 4.13. The van der Waals surface area contributed by atoms with E-state index in [1.807, 2.05) is 42.5 Å². The number of carbonyl (C=O) groups excluding carboxylic acids is 1. The van der Waals surface area contributed by atoms with Crippen LogP contribution in [0.4, 0.5) is 0 Å². The molecule has 0 aliphatic carbocycles. The first-order chi connectivity index (χ1) is 11.8. The van der Waals surface area contributed by atoms with Crippen molar-refractivity contribution in [2.45, 2.75) is 19.0 Å². The number of hydrogen-bond donors (Lipinski definition) is 1. The first kappa shape index (κ1) is 16.2. The Morgan fingerprint density at radius 1 is 0.917 bits per heavy atom. The Morgan fingerprint density at radius 2 is 1.62 bits per heavy atom. The minimum atomic E-state index is -0.358. The standard InChI is InChI=1S/C21H21NO2/c1-24-21(23)20(14-16-7-3-2-4-8-16)22-15-17-11-12-18-9-5-6-10-19(18)13-17/h2-13,20,22H,14-15H2,1H3/t20-/m0/s1. The van der Waals surface area contributed by atoms with Crippen LogP contribution in [-0.4, -0.2) is 19.1 Å². The molecule has 0 aliphatic heterocycles. The Morgan fingerprint density at radius 3 is 2.38 bits per heavy atom. The highest BCUT2D eigenvalue weighted by atomic mass is 16.5. The fourth-order valence-corrected chi connectivity index (χ4v) is 2.82. The summed E-state index contributed by atoms with van der Waals surface area (Å²) in [5.74, 6) is -0.236. The number of nitrogens with one attached hydrogen (secondary N) is 1. The maximum absolute atomic E-state index is 12.1. The molecule has 0 aliphatic rings. The van der Waals surface area contributed by atoms with E-state index in [0.29, 0.717) is 13.0 Å². The molecule has 1 atom stereocenters. The highest BCUT2D eigenvalue weighted by Crippen LogP contribution is 2.16. The van der Waals surface area contributed by atoms with Gasteiger partial charge in [-0.05, 0) is 34.4 Å². The smallest absolute Gasteiger partial charge is 0.323 e. The molecule has 3 aromatic rings. The summed E-state index contributed by atoms with van der Waals surface area (Å²) in [5, 5.41) is 5.75. The number of fused-ring (bicyclic) bond motifs is 1. The van der Waals surface area contributed by atoms with Gasteiger partial charge in [0.25, 0.3) is 0 Å². The molecule has 0 aromatic heterocycles. The molecule has 3 rings (SSSR count). The van der Waals surface area contributed by atoms with Crippen molar-refractivity contribution in [3.05, 3.63) is 83.9 Å². The first-order valence-corrected chi connectivity index (χ1v) is 8.09. The van der Waals surface area contributed by atoms with E-state index in [2.05, 4.69) is 35.6 Å². The zero-order chi connectivity index (χ0) is 16.8. The van der Waals surface area contributed by atoms with E-state index in [0.717, 1.165) is 11.1 Å². The topological polar surface area (TPSA) is 38.3 Å². The second-order valence-electron chi connectivity index (χ2n) is 5.83. The molecule has 0 fully saturated rings. The minimum Gasteiger partial charge on any atom is -0.468 e. The lowest BCUT2D eigenvalue weighted by atomic mass is 10.0. The van der Waals surface area contributed by atoms with Crippen LogP contribution in [0.3, 0.4) is 0 Å². The Hall–Kier alpha value is -2.65. The van der Waals surface area contributed by atoms with Gasteiger partial charge in [-0.2, -0.15) is 0 Å². The van der Waals surface area contributed by atoms with Gasteiger partial charge in [0.1, 0.15) is 6.04 Å². The molecular formula is C21H21NO2. The fourth-order valence-electron chi connectivity index (χ4n) is 2.82. The van der Waals surface area contributed by atoms with Gasteiger partial charge in [0.2, 0.25) is 0 Å². The number of benzene rings is 3. The van der Waals surface area contributed by atoms with Gasteiger partial charge in [-0.1, -0.05) is 66.7 Å². The van der Waals surface area contributed by atoms with Crippen molar-refractivity contribution >= 4 is 16.7 Å². The van der Waals surface area contributed by atoms with Gasteiger partial charge in [0.15, 0.2) is 0 Å². The van der Waals surface area contributed by atoms with E-state index in [4.69, 9.17) is 4.74 Å². The second-order valence-corrected chi connectivity index (χ2v) is 5.83. The maximum atomic E-state index is 12.1. The van der Waals surface area contributed by atoms with E-state index in [9.17, 15) is 4.79 Å². The summed E-state index contributed by atoms with van der Waals surface area (Å²) >= 11 is 0. The van der Waals surface area contributed by atoms with Crippen molar-refractivity contribution in [1.29, 1.82) is 0 Å². The maximum Gasteiger partial charge on any atom is 0.323 e. The van der Waals surface area contributed by atoms with E-state index in [-0.39, 0.29) is 12.0 Å². The quantitative estimate of drug-likeness (QED) is 0.704. The van der Waals surface area contributed by atoms with Crippen molar-refractivity contribution in [2.24, 2.45) is 0 Å². The average Bonchev–Trinajstić information content (AvgIpc) is 2.65. The number of carbonyl (C=O) groups is 1. The van der Waals surface area contributed by atoms with Crippen LogP contribution in [0.25, 0.3) is 10.8 Å². The van der Waals surface area contributed by atoms with Crippen molar-refractivity contribution < 1.29 is 9.53 Å². The van der Waals surface area contributed by atoms with Crippen molar-refractivity contribution in [1.82, 2.24) is 5.32 Å². The van der Waals surface area contributed by atoms with Crippen LogP contribution in [0.15, 0.2) is 72.8 Å². The molecule has 0 unspecified atom stereocenters. The van der Waals surface area contributed by atoms with Crippen molar-refractivity contribution in [2.75, 3.05) is 7.11 Å². The van der Waals surface area contributed by atoms with E-state index >= 15 is 0 Å². The Bertz CT molecular complexity index is 814. The van der Waals surface area contributed by atoms with Gasteiger partial charge in [-0.3, -0.25) is 4.79 Å². The monoisotopic (exact) mass is 319 g/mol. The molecule has 0 heterocycles. The van der Waals surface area contributed by atoms with Crippen LogP contribution < -0.4 is 5.32 Å². The minimum absolute atomic E-state index is 0.236. The van der Waals surface area contributed by atoms with Gasteiger partial charge < -0.3 is 10.1 Å². The van der Waals surface area contributed by atoms with Crippen LogP contribution in [0.1, 0.15) is 11.1 Å².